The Bertz CT molecular complexity index is 2040. The molecule has 1 aliphatic carbocycles. The van der Waals surface area contributed by atoms with E-state index in [2.05, 4.69) is 53.3 Å². The van der Waals surface area contributed by atoms with E-state index in [1.807, 2.05) is 29.0 Å². The molecule has 1 aliphatic heterocycles. The molecule has 7 nitrogen and oxygen atoms in total. The van der Waals surface area contributed by atoms with Gasteiger partial charge in [0.2, 0.25) is 5.88 Å². The number of aliphatic hydroxyl groups excluding tert-OH is 1. The normalized spacial score (nSPS) is 16.0. The third-order valence-corrected chi connectivity index (χ3v) is 10.9. The van der Waals surface area contributed by atoms with Crippen molar-refractivity contribution < 1.29 is 13.5 Å². The summed E-state index contributed by atoms with van der Waals surface area (Å²) in [6, 6.07) is 29.8. The monoisotopic (exact) mass is 684 g/mol. The molecule has 240 valence electrons. The summed E-state index contributed by atoms with van der Waals surface area (Å²) in [6.45, 7) is 0. The lowest BCUT2D eigenvalue weighted by molar-refractivity contribution is 0.392. The van der Waals surface area contributed by atoms with Crippen LogP contribution >= 0.6 is 23.2 Å². The minimum atomic E-state index is -3.89. The van der Waals surface area contributed by atoms with Crippen molar-refractivity contribution in [3.8, 4) is 28.1 Å². The number of aliphatic hydroxyl groups is 1. The molecule has 0 unspecified atom stereocenters. The first-order valence-electron chi connectivity index (χ1n) is 15.8. The van der Waals surface area contributed by atoms with Crippen molar-refractivity contribution in [3.05, 3.63) is 136 Å². The summed E-state index contributed by atoms with van der Waals surface area (Å²) >= 11 is 12.7. The predicted molar refractivity (Wildman–Crippen MR) is 189 cm³/mol. The van der Waals surface area contributed by atoms with Crippen LogP contribution in [0.2, 0.25) is 10.0 Å². The van der Waals surface area contributed by atoms with Gasteiger partial charge in [0.05, 0.1) is 22.6 Å². The van der Waals surface area contributed by atoms with Gasteiger partial charge in [0.25, 0.3) is 0 Å². The second kappa shape index (κ2) is 13.1. The number of nitrogens with one attached hydrogen (secondary N) is 1. The highest BCUT2D eigenvalue weighted by atomic mass is 35.5. The van der Waals surface area contributed by atoms with E-state index >= 15 is 0 Å². The van der Waals surface area contributed by atoms with Gasteiger partial charge >= 0.3 is 10.2 Å². The van der Waals surface area contributed by atoms with Crippen LogP contribution in [0, 0.1) is 5.92 Å². The molecule has 10 heteroatoms. The van der Waals surface area contributed by atoms with E-state index in [1.54, 1.807) is 24.3 Å². The molecule has 0 atom stereocenters. The van der Waals surface area contributed by atoms with Gasteiger partial charge in [-0.05, 0) is 83.5 Å². The van der Waals surface area contributed by atoms with Gasteiger partial charge in [0.1, 0.15) is 5.82 Å². The van der Waals surface area contributed by atoms with E-state index in [0.717, 1.165) is 51.0 Å². The Morgan fingerprint density at radius 3 is 2.09 bits per heavy atom. The molecule has 7 rings (SSSR count). The summed E-state index contributed by atoms with van der Waals surface area (Å²) in [4.78, 5) is 4.99. The van der Waals surface area contributed by atoms with Gasteiger partial charge in [0.15, 0.2) is 0 Å². The van der Waals surface area contributed by atoms with Crippen LogP contribution in [0.5, 0.6) is 0 Å². The van der Waals surface area contributed by atoms with Crippen LogP contribution < -0.4 is 9.03 Å². The maximum atomic E-state index is 12.4. The number of rotatable bonds is 9. The topological polar surface area (TPSA) is 87.5 Å². The van der Waals surface area contributed by atoms with Gasteiger partial charge in [-0.2, -0.15) is 8.42 Å². The van der Waals surface area contributed by atoms with Crippen LogP contribution in [-0.4, -0.2) is 23.1 Å². The molecule has 2 heterocycles. The molecular formula is C37H34Cl2N4O3S. The molecule has 4 aromatic carbocycles. The van der Waals surface area contributed by atoms with E-state index in [1.165, 1.54) is 43.2 Å². The number of aromatic nitrogens is 2. The first-order chi connectivity index (χ1) is 22.7. The lowest BCUT2D eigenvalue weighted by Crippen LogP contribution is -2.29. The Kier molecular flexibility index (Phi) is 8.75. The summed E-state index contributed by atoms with van der Waals surface area (Å²) in [5.74, 6) is 1.25. The fourth-order valence-electron chi connectivity index (χ4n) is 6.49. The summed E-state index contributed by atoms with van der Waals surface area (Å²) in [5, 5.41) is 10.7. The number of imidazole rings is 1. The van der Waals surface area contributed by atoms with E-state index in [0.29, 0.717) is 27.8 Å². The Labute approximate surface area is 285 Å². The van der Waals surface area contributed by atoms with Crippen LogP contribution in [0.3, 0.4) is 0 Å². The van der Waals surface area contributed by atoms with Gasteiger partial charge in [0, 0.05) is 28.9 Å². The van der Waals surface area contributed by atoms with E-state index in [4.69, 9.17) is 28.2 Å². The summed E-state index contributed by atoms with van der Waals surface area (Å²) in [7, 11) is -3.89. The fraction of sp³-hybridized carbons (Fsp3) is 0.216. The van der Waals surface area contributed by atoms with Gasteiger partial charge in [-0.3, -0.25) is 0 Å². The molecule has 0 amide bonds. The van der Waals surface area contributed by atoms with E-state index in [9.17, 15) is 13.5 Å². The highest BCUT2D eigenvalue weighted by Crippen LogP contribution is 2.33. The van der Waals surface area contributed by atoms with Crippen molar-refractivity contribution in [2.24, 2.45) is 5.92 Å². The summed E-state index contributed by atoms with van der Waals surface area (Å²) < 4.78 is 29.8. The number of hydrogen-bond acceptors (Lipinski definition) is 4. The largest absolute Gasteiger partial charge is 0.493 e. The lowest BCUT2D eigenvalue weighted by atomic mass is 9.96. The smallest absolute Gasteiger partial charge is 0.330 e. The highest BCUT2D eigenvalue weighted by molar-refractivity contribution is 7.91. The molecule has 1 saturated carbocycles. The first-order valence-corrected chi connectivity index (χ1v) is 18.0. The van der Waals surface area contributed by atoms with Gasteiger partial charge < -0.3 is 9.67 Å². The standard InChI is InChI=1S/C37H34Cl2N4O3S/c38-30-15-20-33(34(39)22-30)35-23-42(31-16-18-32(19-17-31)43-24-37(44)41-47(43,45)46)36(40-35)21-27-9-13-29(14-10-27)28-11-7-26(8-12-28)6-5-25-3-1-2-4-25/h7-20,22-25,41,44H,1-6,21H2. The number of halogens is 2. The quantitative estimate of drug-likeness (QED) is 0.162. The Hall–Kier alpha value is -4.24. The van der Waals surface area contributed by atoms with Crippen molar-refractivity contribution in [1.29, 1.82) is 0 Å². The zero-order chi connectivity index (χ0) is 32.5. The number of nitrogens with zero attached hydrogens (tertiary/aromatic N) is 3. The van der Waals surface area contributed by atoms with E-state index < -0.39 is 16.1 Å². The van der Waals surface area contributed by atoms with Crippen LogP contribution in [0.15, 0.2) is 109 Å². The minimum Gasteiger partial charge on any atom is -0.493 e. The van der Waals surface area contributed by atoms with Crippen molar-refractivity contribution in [2.45, 2.75) is 44.9 Å². The van der Waals surface area contributed by atoms with Crippen molar-refractivity contribution in [3.63, 3.8) is 0 Å². The Morgan fingerprint density at radius 1 is 0.830 bits per heavy atom. The molecule has 0 saturated heterocycles. The SMILES string of the molecule is O=S1(=O)NC(O)=CN1c1ccc(-n2cc(-c3ccc(Cl)cc3Cl)nc2Cc2ccc(-c3ccc(CCC4CCCC4)cc3)cc2)cc1. The van der Waals surface area contributed by atoms with Crippen molar-refractivity contribution in [2.75, 3.05) is 4.31 Å². The number of hydrogen-bond donors (Lipinski definition) is 2. The summed E-state index contributed by atoms with van der Waals surface area (Å²) in [5.41, 5.74) is 7.46. The van der Waals surface area contributed by atoms with Crippen LogP contribution in [0.1, 0.15) is 49.1 Å². The summed E-state index contributed by atoms with van der Waals surface area (Å²) in [6.07, 6.45) is 11.6. The average Bonchev–Trinajstić information content (AvgIpc) is 3.80. The number of benzene rings is 4. The molecule has 0 radical (unpaired) electrons. The Balaban J connectivity index is 1.14. The van der Waals surface area contributed by atoms with Crippen molar-refractivity contribution in [1.82, 2.24) is 14.3 Å². The second-order valence-electron chi connectivity index (χ2n) is 12.2. The Morgan fingerprint density at radius 2 is 1.47 bits per heavy atom. The molecule has 1 fully saturated rings. The predicted octanol–water partition coefficient (Wildman–Crippen LogP) is 9.24. The third kappa shape index (κ3) is 6.91. The molecular weight excluding hydrogens is 651 g/mol. The average molecular weight is 686 g/mol. The molecule has 47 heavy (non-hydrogen) atoms. The number of anilines is 1. The molecule has 2 N–H and O–H groups in total. The molecule has 5 aromatic rings. The van der Waals surface area contributed by atoms with Gasteiger partial charge in [-0.15, -0.1) is 0 Å². The van der Waals surface area contributed by atoms with Gasteiger partial charge in [-0.1, -0.05) is 97.4 Å². The lowest BCUT2D eigenvalue weighted by Gasteiger charge is -2.15. The van der Waals surface area contributed by atoms with Crippen molar-refractivity contribution >= 4 is 39.1 Å². The highest BCUT2D eigenvalue weighted by Gasteiger charge is 2.28. The van der Waals surface area contributed by atoms with Crippen LogP contribution in [-0.2, 0) is 23.1 Å². The molecule has 0 bridgehead atoms. The zero-order valence-corrected chi connectivity index (χ0v) is 27.9. The zero-order valence-electron chi connectivity index (χ0n) is 25.6. The van der Waals surface area contributed by atoms with Gasteiger partial charge in [-0.25, -0.2) is 14.0 Å². The molecule has 0 spiro atoms. The van der Waals surface area contributed by atoms with Crippen LogP contribution in [0.25, 0.3) is 28.1 Å². The maximum Gasteiger partial charge on any atom is 0.330 e. The second-order valence-corrected chi connectivity index (χ2v) is 14.6. The fourth-order valence-corrected chi connectivity index (χ4v) is 8.05. The van der Waals surface area contributed by atoms with E-state index in [-0.39, 0.29) is 0 Å². The third-order valence-electron chi connectivity index (χ3n) is 9.02. The van der Waals surface area contributed by atoms with Crippen LogP contribution in [0.4, 0.5) is 5.69 Å². The first kappa shape index (κ1) is 31.4. The number of aryl methyl sites for hydroxylation is 1. The molecule has 1 aromatic heterocycles. The maximum absolute atomic E-state index is 12.4. The molecule has 2 aliphatic rings. The minimum absolute atomic E-state index is 0.380.